The Labute approximate surface area is 152 Å². The highest BCUT2D eigenvalue weighted by Gasteiger charge is 2.18. The van der Waals surface area contributed by atoms with Crippen molar-refractivity contribution in [3.05, 3.63) is 77.2 Å². The third-order valence-electron chi connectivity index (χ3n) is 4.06. The number of aliphatic hydroxyl groups is 1. The van der Waals surface area contributed by atoms with E-state index in [1.165, 1.54) is 42.5 Å². The average molecular weight is 367 g/mol. The van der Waals surface area contributed by atoms with Crippen LogP contribution in [0.15, 0.2) is 48.5 Å². The van der Waals surface area contributed by atoms with E-state index in [2.05, 4.69) is 25.5 Å². The topological polar surface area (TPSA) is 86.7 Å². The van der Waals surface area contributed by atoms with E-state index in [9.17, 15) is 13.9 Å². The average Bonchev–Trinajstić information content (AvgIpc) is 3.07. The summed E-state index contributed by atoms with van der Waals surface area (Å²) < 4.78 is 26.9. The number of rotatable bonds is 4. The Morgan fingerprint density at radius 1 is 1.00 bits per heavy atom. The first-order chi connectivity index (χ1) is 13.0. The molecule has 0 aliphatic carbocycles. The second kappa shape index (κ2) is 6.73. The molecule has 6 nitrogen and oxygen atoms in total. The van der Waals surface area contributed by atoms with Crippen LogP contribution >= 0.6 is 0 Å². The minimum absolute atomic E-state index is 0.107. The number of fused-ring (bicyclic) bond motifs is 1. The summed E-state index contributed by atoms with van der Waals surface area (Å²) in [5.74, 6) is 0.0768. The number of nitrogens with one attached hydrogen (secondary N) is 2. The lowest BCUT2D eigenvalue weighted by Gasteiger charge is -2.14. The van der Waals surface area contributed by atoms with Crippen molar-refractivity contribution in [2.45, 2.75) is 13.0 Å². The number of anilines is 2. The highest BCUT2D eigenvalue weighted by molar-refractivity contribution is 5.90. The van der Waals surface area contributed by atoms with E-state index in [1.807, 2.05) is 6.92 Å². The van der Waals surface area contributed by atoms with Crippen LogP contribution in [-0.2, 0) is 0 Å². The van der Waals surface area contributed by atoms with Gasteiger partial charge in [0.2, 0.25) is 0 Å². The van der Waals surface area contributed by atoms with Crippen LogP contribution in [0, 0.1) is 18.6 Å². The summed E-state index contributed by atoms with van der Waals surface area (Å²) in [5.41, 5.74) is 1.74. The number of hydrogen-bond acceptors (Lipinski definition) is 5. The van der Waals surface area contributed by atoms with Crippen LogP contribution in [0.4, 0.5) is 20.4 Å². The van der Waals surface area contributed by atoms with Gasteiger partial charge in [0, 0.05) is 17.1 Å². The molecule has 0 amide bonds. The SMILES string of the molecule is Cc1cc(Nc2nc([C@H](O)c3ccc(F)cc3)nc3ccc(F)cc23)n[nH]1. The minimum Gasteiger partial charge on any atom is -0.380 e. The molecule has 4 aromatic rings. The number of halogens is 2. The summed E-state index contributed by atoms with van der Waals surface area (Å²) in [5, 5.41) is 21.0. The zero-order valence-electron chi connectivity index (χ0n) is 14.2. The van der Waals surface area contributed by atoms with Crippen molar-refractivity contribution in [2.24, 2.45) is 0 Å². The van der Waals surface area contributed by atoms with Gasteiger partial charge in [-0.3, -0.25) is 5.10 Å². The maximum Gasteiger partial charge on any atom is 0.164 e. The molecule has 0 unspecified atom stereocenters. The van der Waals surface area contributed by atoms with E-state index in [4.69, 9.17) is 0 Å². The summed E-state index contributed by atoms with van der Waals surface area (Å²) in [6, 6.07) is 11.3. The normalized spacial score (nSPS) is 12.3. The Kier molecular flexibility index (Phi) is 4.25. The minimum atomic E-state index is -1.17. The summed E-state index contributed by atoms with van der Waals surface area (Å²) in [6.07, 6.45) is -1.17. The molecule has 4 rings (SSSR count). The van der Waals surface area contributed by atoms with E-state index in [0.717, 1.165) is 5.69 Å². The van der Waals surface area contributed by atoms with Crippen molar-refractivity contribution in [2.75, 3.05) is 5.32 Å². The van der Waals surface area contributed by atoms with E-state index < -0.39 is 17.7 Å². The number of hydrogen-bond donors (Lipinski definition) is 3. The third kappa shape index (κ3) is 3.47. The van der Waals surface area contributed by atoms with Crippen molar-refractivity contribution in [1.82, 2.24) is 20.2 Å². The van der Waals surface area contributed by atoms with Crippen LogP contribution in [-0.4, -0.2) is 25.3 Å². The van der Waals surface area contributed by atoms with E-state index in [-0.39, 0.29) is 5.82 Å². The number of aromatic nitrogens is 4. The van der Waals surface area contributed by atoms with Gasteiger partial charge in [-0.2, -0.15) is 5.10 Å². The molecule has 3 N–H and O–H groups in total. The van der Waals surface area contributed by atoms with E-state index in [0.29, 0.717) is 28.1 Å². The molecular weight excluding hydrogens is 352 g/mol. The zero-order chi connectivity index (χ0) is 19.0. The first-order valence-electron chi connectivity index (χ1n) is 8.19. The highest BCUT2D eigenvalue weighted by Crippen LogP contribution is 2.28. The number of benzene rings is 2. The first kappa shape index (κ1) is 17.0. The predicted octanol–water partition coefficient (Wildman–Crippen LogP) is 3.76. The van der Waals surface area contributed by atoms with Crippen LogP contribution in [0.25, 0.3) is 10.9 Å². The van der Waals surface area contributed by atoms with Crippen LogP contribution < -0.4 is 5.32 Å². The molecule has 2 aromatic carbocycles. The lowest BCUT2D eigenvalue weighted by Crippen LogP contribution is -2.08. The Morgan fingerprint density at radius 3 is 2.44 bits per heavy atom. The van der Waals surface area contributed by atoms with Gasteiger partial charge in [-0.05, 0) is 42.8 Å². The Hall–Kier alpha value is -3.39. The summed E-state index contributed by atoms with van der Waals surface area (Å²) in [4.78, 5) is 8.69. The van der Waals surface area contributed by atoms with Crippen molar-refractivity contribution in [3.8, 4) is 0 Å². The molecule has 0 saturated carbocycles. The second-order valence-corrected chi connectivity index (χ2v) is 6.11. The van der Waals surface area contributed by atoms with Gasteiger partial charge in [-0.25, -0.2) is 18.7 Å². The van der Waals surface area contributed by atoms with Crippen LogP contribution in [0.3, 0.4) is 0 Å². The standard InChI is InChI=1S/C19H15F2N5O/c1-10-8-16(26-25-10)23-18-14-9-13(21)6-7-15(14)22-19(24-18)17(27)11-2-4-12(20)5-3-11/h2-9,17,27H,1H3,(H2,22,23,24,25,26)/t17-/m1/s1. The molecule has 0 radical (unpaired) electrons. The largest absolute Gasteiger partial charge is 0.380 e. The Balaban J connectivity index is 1.81. The third-order valence-corrected chi connectivity index (χ3v) is 4.06. The molecule has 0 aliphatic heterocycles. The Bertz CT molecular complexity index is 1110. The van der Waals surface area contributed by atoms with Crippen molar-refractivity contribution < 1.29 is 13.9 Å². The molecule has 0 aliphatic rings. The fourth-order valence-corrected chi connectivity index (χ4v) is 2.73. The van der Waals surface area contributed by atoms with Gasteiger partial charge in [0.1, 0.15) is 23.6 Å². The van der Waals surface area contributed by atoms with Gasteiger partial charge in [-0.15, -0.1) is 0 Å². The second-order valence-electron chi connectivity index (χ2n) is 6.11. The molecule has 0 fully saturated rings. The van der Waals surface area contributed by atoms with Crippen LogP contribution in [0.5, 0.6) is 0 Å². The summed E-state index contributed by atoms with van der Waals surface area (Å²) in [6.45, 7) is 1.85. The fraction of sp³-hybridized carbons (Fsp3) is 0.105. The van der Waals surface area contributed by atoms with Crippen molar-refractivity contribution in [1.29, 1.82) is 0 Å². The molecule has 1 atom stereocenters. The van der Waals surface area contributed by atoms with Crippen LogP contribution in [0.2, 0.25) is 0 Å². The molecule has 0 spiro atoms. The van der Waals surface area contributed by atoms with E-state index >= 15 is 0 Å². The molecule has 136 valence electrons. The zero-order valence-corrected chi connectivity index (χ0v) is 14.2. The number of nitrogens with zero attached hydrogens (tertiary/aromatic N) is 3. The van der Waals surface area contributed by atoms with Crippen molar-refractivity contribution >= 4 is 22.5 Å². The number of aromatic amines is 1. The van der Waals surface area contributed by atoms with Gasteiger partial charge in [0.15, 0.2) is 11.6 Å². The molecule has 0 bridgehead atoms. The summed E-state index contributed by atoms with van der Waals surface area (Å²) >= 11 is 0. The quantitative estimate of drug-likeness (QED) is 0.511. The lowest BCUT2D eigenvalue weighted by atomic mass is 10.1. The molecule has 8 heteroatoms. The maximum atomic E-state index is 13.7. The molecule has 2 aromatic heterocycles. The smallest absolute Gasteiger partial charge is 0.164 e. The van der Waals surface area contributed by atoms with Crippen LogP contribution in [0.1, 0.15) is 23.2 Å². The maximum absolute atomic E-state index is 13.7. The monoisotopic (exact) mass is 367 g/mol. The Morgan fingerprint density at radius 2 is 1.74 bits per heavy atom. The number of aliphatic hydroxyl groups excluding tert-OH is 1. The van der Waals surface area contributed by atoms with Gasteiger partial charge in [0.25, 0.3) is 0 Å². The summed E-state index contributed by atoms with van der Waals surface area (Å²) in [7, 11) is 0. The fourth-order valence-electron chi connectivity index (χ4n) is 2.73. The molecule has 2 heterocycles. The lowest BCUT2D eigenvalue weighted by molar-refractivity contribution is 0.210. The first-order valence-corrected chi connectivity index (χ1v) is 8.19. The predicted molar refractivity (Wildman–Crippen MR) is 96.6 cm³/mol. The van der Waals surface area contributed by atoms with Gasteiger partial charge in [0.05, 0.1) is 5.52 Å². The van der Waals surface area contributed by atoms with Crippen molar-refractivity contribution in [3.63, 3.8) is 0 Å². The molecular formula is C19H15F2N5O. The molecule has 0 saturated heterocycles. The molecule has 27 heavy (non-hydrogen) atoms. The number of aryl methyl sites for hydroxylation is 1. The highest BCUT2D eigenvalue weighted by atomic mass is 19.1. The van der Waals surface area contributed by atoms with Gasteiger partial charge in [-0.1, -0.05) is 12.1 Å². The number of H-pyrrole nitrogens is 1. The van der Waals surface area contributed by atoms with Gasteiger partial charge < -0.3 is 10.4 Å². The van der Waals surface area contributed by atoms with E-state index in [1.54, 1.807) is 6.07 Å². The van der Waals surface area contributed by atoms with Gasteiger partial charge >= 0.3 is 0 Å².